The Hall–Kier alpha value is -1.95. The first-order valence-corrected chi connectivity index (χ1v) is 17.8. The average molecular weight is 616 g/mol. The van der Waals surface area contributed by atoms with Crippen LogP contribution in [-0.2, 0) is 24.3 Å². The Morgan fingerprint density at radius 1 is 1.08 bits per heavy atom. The Balaban J connectivity index is 2.07. The summed E-state index contributed by atoms with van der Waals surface area (Å²) in [6, 6.07) is 8.80. The van der Waals surface area contributed by atoms with Crippen LogP contribution >= 0.6 is 23.2 Å². The summed E-state index contributed by atoms with van der Waals surface area (Å²) >= 11 is 12.1. The number of nitrogens with one attached hydrogen (secondary N) is 2. The molecule has 8 nitrogen and oxygen atoms in total. The first-order chi connectivity index (χ1) is 18.1. The van der Waals surface area contributed by atoms with E-state index in [2.05, 4.69) is 43.9 Å². The predicted octanol–water partition coefficient (Wildman–Crippen LogP) is 5.51. The zero-order valence-corrected chi connectivity index (χ0v) is 26.3. The maximum Gasteiger partial charge on any atom is 0.318 e. The number of ether oxygens (including phenoxy) is 1. The van der Waals surface area contributed by atoms with Crippen molar-refractivity contribution < 1.29 is 27.2 Å². The number of rotatable bonds is 10. The van der Waals surface area contributed by atoms with Crippen molar-refractivity contribution in [3.63, 3.8) is 0 Å². The molecule has 39 heavy (non-hydrogen) atoms. The predicted molar refractivity (Wildman–Crippen MR) is 155 cm³/mol. The number of methoxy groups -OCH3 is 1. The van der Waals surface area contributed by atoms with E-state index in [1.54, 1.807) is 24.3 Å². The molecule has 1 saturated heterocycles. The fraction of sp³-hybridized carbons (Fsp3) is 0.481. The van der Waals surface area contributed by atoms with Gasteiger partial charge in [-0.2, -0.15) is 0 Å². The zero-order chi connectivity index (χ0) is 29.2. The normalized spacial score (nSPS) is 17.9. The molecule has 0 radical (unpaired) electrons. The molecule has 3 rings (SSSR count). The number of benzene rings is 2. The standard InChI is InChI=1S/C27H36Cl2N2O6SSi/c1-27(2,3)39(5,6)37-20-11-9-17(10-12-20)24(23(26(33)36-4)25(32)22-8-7-13-30-22)31-38(34,35)21-15-18(28)14-19(29)16-21/h9-12,14-16,22-24,30-31H,7-8,13H2,1-6H3/t22-,23-,24-/m0/s1. The summed E-state index contributed by atoms with van der Waals surface area (Å²) in [6.45, 7) is 11.3. The summed E-state index contributed by atoms with van der Waals surface area (Å²) in [5.74, 6) is -2.11. The van der Waals surface area contributed by atoms with Crippen molar-refractivity contribution in [3.05, 3.63) is 58.1 Å². The van der Waals surface area contributed by atoms with Crippen LogP contribution in [0.1, 0.15) is 45.2 Å². The molecule has 2 N–H and O–H groups in total. The lowest BCUT2D eigenvalue weighted by molar-refractivity contribution is -0.151. The maximum atomic E-state index is 13.6. The Bertz CT molecular complexity index is 1290. The van der Waals surface area contributed by atoms with Crippen LogP contribution in [-0.4, -0.2) is 48.2 Å². The van der Waals surface area contributed by atoms with Crippen molar-refractivity contribution >= 4 is 53.3 Å². The lowest BCUT2D eigenvalue weighted by Gasteiger charge is -2.36. The Labute approximate surface area is 241 Å². The van der Waals surface area contributed by atoms with Gasteiger partial charge in [0.05, 0.1) is 24.1 Å². The van der Waals surface area contributed by atoms with Gasteiger partial charge in [-0.1, -0.05) is 56.1 Å². The van der Waals surface area contributed by atoms with Crippen molar-refractivity contribution in [1.82, 2.24) is 10.0 Å². The van der Waals surface area contributed by atoms with Crippen LogP contribution in [0.15, 0.2) is 47.4 Å². The first kappa shape index (κ1) is 31.6. The largest absolute Gasteiger partial charge is 0.544 e. The topological polar surface area (TPSA) is 111 Å². The molecule has 214 valence electrons. The first-order valence-electron chi connectivity index (χ1n) is 12.7. The third-order valence-corrected chi connectivity index (χ3v) is 13.6. The van der Waals surface area contributed by atoms with Gasteiger partial charge in [0.1, 0.15) is 11.7 Å². The molecule has 2 aromatic rings. The number of carbonyl (C=O) groups is 2. The van der Waals surface area contributed by atoms with Gasteiger partial charge >= 0.3 is 5.97 Å². The smallest absolute Gasteiger partial charge is 0.318 e. The maximum absolute atomic E-state index is 13.6. The molecule has 1 heterocycles. The molecule has 12 heteroatoms. The van der Waals surface area contributed by atoms with Crippen molar-refractivity contribution in [3.8, 4) is 5.75 Å². The highest BCUT2D eigenvalue weighted by Gasteiger charge is 2.43. The van der Waals surface area contributed by atoms with E-state index in [9.17, 15) is 18.0 Å². The molecule has 2 aromatic carbocycles. The Morgan fingerprint density at radius 3 is 2.15 bits per heavy atom. The molecule has 1 aliphatic rings. The summed E-state index contributed by atoms with van der Waals surface area (Å²) in [5, 5.41) is 3.32. The molecule has 0 aliphatic carbocycles. The van der Waals surface area contributed by atoms with Crippen molar-refractivity contribution in [1.29, 1.82) is 0 Å². The summed E-state index contributed by atoms with van der Waals surface area (Å²) in [5.41, 5.74) is 0.399. The fourth-order valence-corrected chi connectivity index (χ4v) is 7.12. The lowest BCUT2D eigenvalue weighted by Crippen LogP contribution is -2.47. The summed E-state index contributed by atoms with van der Waals surface area (Å²) in [7, 11) is -5.25. The Kier molecular flexibility index (Phi) is 9.94. The minimum absolute atomic E-state index is 0.0290. The summed E-state index contributed by atoms with van der Waals surface area (Å²) in [4.78, 5) is 26.5. The highest BCUT2D eigenvalue weighted by atomic mass is 35.5. The van der Waals surface area contributed by atoms with Gasteiger partial charge in [-0.3, -0.25) is 9.59 Å². The molecular weight excluding hydrogens is 579 g/mol. The molecule has 0 unspecified atom stereocenters. The third-order valence-electron chi connectivity index (χ3n) is 7.35. The van der Waals surface area contributed by atoms with Gasteiger partial charge in [-0.15, -0.1) is 0 Å². The van der Waals surface area contributed by atoms with Gasteiger partial charge in [0.15, 0.2) is 5.78 Å². The quantitative estimate of drug-likeness (QED) is 0.206. The Morgan fingerprint density at radius 2 is 1.67 bits per heavy atom. The summed E-state index contributed by atoms with van der Waals surface area (Å²) < 4.78 is 41.0. The molecule has 0 saturated carbocycles. The van der Waals surface area contributed by atoms with Crippen molar-refractivity contribution in [2.45, 2.75) is 68.7 Å². The molecule has 0 bridgehead atoms. The van der Waals surface area contributed by atoms with Crippen LogP contribution in [0.25, 0.3) is 0 Å². The third kappa shape index (κ3) is 7.62. The molecular formula is C27H36Cl2N2O6SSi. The van der Waals surface area contributed by atoms with Gasteiger partial charge in [0.25, 0.3) is 0 Å². The molecule has 1 aliphatic heterocycles. The van der Waals surface area contributed by atoms with E-state index in [1.165, 1.54) is 25.3 Å². The van der Waals surface area contributed by atoms with Crippen LogP contribution in [0.3, 0.4) is 0 Å². The monoisotopic (exact) mass is 614 g/mol. The second-order valence-electron chi connectivity index (χ2n) is 11.2. The van der Waals surface area contributed by atoms with Gasteiger partial charge in [-0.25, -0.2) is 13.1 Å². The number of carbonyl (C=O) groups excluding carboxylic acids is 2. The number of sulfonamides is 1. The number of ketones is 1. The number of Topliss-reactive ketones (excluding diaryl/α,β-unsaturated/α-hetero) is 1. The van der Waals surface area contributed by atoms with Crippen LogP contribution < -0.4 is 14.5 Å². The van der Waals surface area contributed by atoms with Gasteiger partial charge in [-0.05, 0) is 73.4 Å². The SMILES string of the molecule is COC(=O)[C@H](C(=O)[C@@H]1CCCN1)[C@@H](NS(=O)(=O)c1cc(Cl)cc(Cl)c1)c1ccc(O[Si](C)(C)C(C)(C)C)cc1. The van der Waals surface area contributed by atoms with E-state index in [0.717, 1.165) is 6.42 Å². The van der Waals surface area contributed by atoms with Crippen LogP contribution in [0.5, 0.6) is 5.75 Å². The van der Waals surface area contributed by atoms with E-state index >= 15 is 0 Å². The van der Waals surface area contributed by atoms with Crippen molar-refractivity contribution in [2.24, 2.45) is 5.92 Å². The second kappa shape index (κ2) is 12.3. The average Bonchev–Trinajstić information content (AvgIpc) is 3.37. The molecule has 3 atom stereocenters. The van der Waals surface area contributed by atoms with Gasteiger partial charge < -0.3 is 14.5 Å². The number of hydrogen-bond donors (Lipinski definition) is 2. The minimum atomic E-state index is -4.28. The highest BCUT2D eigenvalue weighted by Crippen LogP contribution is 2.38. The van der Waals surface area contributed by atoms with Gasteiger partial charge in [0, 0.05) is 10.0 Å². The highest BCUT2D eigenvalue weighted by molar-refractivity contribution is 7.89. The molecule has 1 fully saturated rings. The van der Waals surface area contributed by atoms with Crippen LogP contribution in [0.4, 0.5) is 0 Å². The van der Waals surface area contributed by atoms with Crippen LogP contribution in [0.2, 0.25) is 28.2 Å². The number of hydrogen-bond acceptors (Lipinski definition) is 7. The van der Waals surface area contributed by atoms with Crippen LogP contribution in [0, 0.1) is 5.92 Å². The van der Waals surface area contributed by atoms with E-state index in [1.807, 2.05) is 0 Å². The van der Waals surface area contributed by atoms with E-state index in [-0.39, 0.29) is 20.0 Å². The lowest BCUT2D eigenvalue weighted by atomic mass is 9.86. The molecule has 0 aromatic heterocycles. The second-order valence-corrected chi connectivity index (χ2v) is 18.5. The fourth-order valence-electron chi connectivity index (χ4n) is 4.13. The van der Waals surface area contributed by atoms with E-state index in [0.29, 0.717) is 24.3 Å². The summed E-state index contributed by atoms with van der Waals surface area (Å²) in [6.07, 6.45) is 1.30. The molecule has 0 spiro atoms. The van der Waals surface area contributed by atoms with Crippen molar-refractivity contribution in [2.75, 3.05) is 13.7 Å². The molecule has 0 amide bonds. The number of halogens is 2. The van der Waals surface area contributed by atoms with Gasteiger partial charge in [0.2, 0.25) is 18.3 Å². The van der Waals surface area contributed by atoms with E-state index < -0.39 is 48.1 Å². The number of esters is 1. The van der Waals surface area contributed by atoms with E-state index in [4.69, 9.17) is 32.4 Å². The minimum Gasteiger partial charge on any atom is -0.544 e. The zero-order valence-electron chi connectivity index (χ0n) is 23.0.